The largest absolute Gasteiger partial charge is 0.312 e. The average molecular weight is 258 g/mol. The lowest BCUT2D eigenvalue weighted by Gasteiger charge is -2.18. The van der Waals surface area contributed by atoms with E-state index >= 15 is 0 Å². The van der Waals surface area contributed by atoms with Gasteiger partial charge in [-0.1, -0.05) is 43.6 Å². The van der Waals surface area contributed by atoms with Gasteiger partial charge in [0.15, 0.2) is 0 Å². The summed E-state index contributed by atoms with van der Waals surface area (Å²) in [6.07, 6.45) is 0. The van der Waals surface area contributed by atoms with Crippen LogP contribution in [0.4, 0.5) is 0 Å². The van der Waals surface area contributed by atoms with E-state index in [1.807, 2.05) is 37.0 Å². The zero-order valence-electron chi connectivity index (χ0n) is 10.2. The minimum absolute atomic E-state index is 0.345. The van der Waals surface area contributed by atoms with E-state index in [2.05, 4.69) is 25.2 Å². The third kappa shape index (κ3) is 4.36. The fraction of sp³-hybridized carbons (Fsp3) is 0.538. The van der Waals surface area contributed by atoms with Gasteiger partial charge in [0.05, 0.1) is 0 Å². The fourth-order valence-electron chi connectivity index (χ4n) is 1.51. The second-order valence-corrected chi connectivity index (χ2v) is 5.78. The van der Waals surface area contributed by atoms with Gasteiger partial charge in [-0.05, 0) is 30.3 Å². The molecule has 1 aromatic rings. The predicted molar refractivity (Wildman–Crippen MR) is 75.4 cm³/mol. The predicted octanol–water partition coefficient (Wildman–Crippen LogP) is 3.99. The molecule has 1 rings (SSSR count). The molecule has 0 saturated carbocycles. The molecule has 1 aromatic carbocycles. The van der Waals surface area contributed by atoms with Gasteiger partial charge in [-0.25, -0.2) is 0 Å². The van der Waals surface area contributed by atoms with E-state index in [1.165, 1.54) is 11.3 Å². The van der Waals surface area contributed by atoms with Gasteiger partial charge in [-0.2, -0.15) is 11.8 Å². The number of rotatable bonds is 6. The Bertz CT molecular complexity index is 315. The summed E-state index contributed by atoms with van der Waals surface area (Å²) in [6.45, 7) is 4.49. The number of hydrogen-bond acceptors (Lipinski definition) is 2. The topological polar surface area (TPSA) is 12.0 Å². The van der Waals surface area contributed by atoms with E-state index in [-0.39, 0.29) is 0 Å². The molecule has 0 heterocycles. The highest BCUT2D eigenvalue weighted by Crippen LogP contribution is 2.25. The molecule has 1 unspecified atom stereocenters. The summed E-state index contributed by atoms with van der Waals surface area (Å²) in [5.41, 5.74) is 1.20. The van der Waals surface area contributed by atoms with Crippen LogP contribution in [-0.2, 0) is 0 Å². The van der Waals surface area contributed by atoms with Gasteiger partial charge in [-0.15, -0.1) is 0 Å². The Balaban J connectivity index is 2.57. The van der Waals surface area contributed by atoms with Crippen molar-refractivity contribution in [3.63, 3.8) is 0 Å². The number of nitrogens with one attached hydrogen (secondary N) is 1. The first-order valence-corrected chi connectivity index (χ1v) is 7.17. The molecule has 90 valence electrons. The van der Waals surface area contributed by atoms with Gasteiger partial charge >= 0.3 is 0 Å². The molecule has 0 radical (unpaired) electrons. The van der Waals surface area contributed by atoms with Crippen LogP contribution in [0.2, 0.25) is 5.02 Å². The lowest BCUT2D eigenvalue weighted by atomic mass is 10.1. The van der Waals surface area contributed by atoms with Crippen molar-refractivity contribution in [2.24, 2.45) is 5.92 Å². The SMILES string of the molecule is CNC(CSCC(C)C)c1ccccc1Cl. The normalized spacial score (nSPS) is 13.1. The van der Waals surface area contributed by atoms with Crippen molar-refractivity contribution < 1.29 is 0 Å². The summed E-state index contributed by atoms with van der Waals surface area (Å²) in [7, 11) is 1.99. The van der Waals surface area contributed by atoms with E-state index in [0.717, 1.165) is 16.7 Å². The summed E-state index contributed by atoms with van der Waals surface area (Å²) in [5, 5.41) is 4.18. The molecule has 0 saturated heterocycles. The van der Waals surface area contributed by atoms with Crippen molar-refractivity contribution in [1.29, 1.82) is 0 Å². The molecule has 1 atom stereocenters. The lowest BCUT2D eigenvalue weighted by molar-refractivity contribution is 0.659. The summed E-state index contributed by atoms with van der Waals surface area (Å²) < 4.78 is 0. The maximum atomic E-state index is 6.19. The van der Waals surface area contributed by atoms with Gasteiger partial charge < -0.3 is 5.32 Å². The minimum atomic E-state index is 0.345. The maximum absolute atomic E-state index is 6.19. The van der Waals surface area contributed by atoms with E-state index in [4.69, 9.17) is 11.6 Å². The molecule has 0 bridgehead atoms. The van der Waals surface area contributed by atoms with Crippen molar-refractivity contribution in [3.8, 4) is 0 Å². The van der Waals surface area contributed by atoms with Crippen LogP contribution >= 0.6 is 23.4 Å². The number of benzene rings is 1. The monoisotopic (exact) mass is 257 g/mol. The smallest absolute Gasteiger partial charge is 0.0454 e. The number of thioether (sulfide) groups is 1. The summed E-state index contributed by atoms with van der Waals surface area (Å²) in [6, 6.07) is 8.41. The van der Waals surface area contributed by atoms with Gasteiger partial charge in [0.25, 0.3) is 0 Å². The summed E-state index contributed by atoms with van der Waals surface area (Å²) >= 11 is 8.17. The Labute approximate surface area is 108 Å². The Hall–Kier alpha value is -0.180. The van der Waals surface area contributed by atoms with Crippen molar-refractivity contribution >= 4 is 23.4 Å². The molecule has 0 aliphatic heterocycles. The van der Waals surface area contributed by atoms with Crippen LogP contribution in [0.1, 0.15) is 25.5 Å². The van der Waals surface area contributed by atoms with Crippen molar-refractivity contribution in [2.75, 3.05) is 18.6 Å². The molecule has 0 spiro atoms. The molecule has 1 N–H and O–H groups in total. The van der Waals surface area contributed by atoms with Crippen LogP contribution in [-0.4, -0.2) is 18.6 Å². The van der Waals surface area contributed by atoms with Crippen LogP contribution < -0.4 is 5.32 Å². The maximum Gasteiger partial charge on any atom is 0.0454 e. The third-order valence-corrected chi connectivity index (χ3v) is 4.18. The van der Waals surface area contributed by atoms with Crippen molar-refractivity contribution in [3.05, 3.63) is 34.9 Å². The van der Waals surface area contributed by atoms with E-state index < -0.39 is 0 Å². The zero-order chi connectivity index (χ0) is 12.0. The van der Waals surface area contributed by atoms with E-state index in [0.29, 0.717) is 6.04 Å². The molecule has 0 aliphatic carbocycles. The zero-order valence-corrected chi connectivity index (χ0v) is 11.7. The lowest BCUT2D eigenvalue weighted by Crippen LogP contribution is -2.19. The summed E-state index contributed by atoms with van der Waals surface area (Å²) in [4.78, 5) is 0. The van der Waals surface area contributed by atoms with Crippen molar-refractivity contribution in [1.82, 2.24) is 5.32 Å². The molecular formula is C13H20ClNS. The number of halogens is 1. The molecule has 16 heavy (non-hydrogen) atoms. The fourth-order valence-corrected chi connectivity index (χ4v) is 2.96. The number of hydrogen-bond donors (Lipinski definition) is 1. The minimum Gasteiger partial charge on any atom is -0.312 e. The van der Waals surface area contributed by atoms with Crippen molar-refractivity contribution in [2.45, 2.75) is 19.9 Å². The molecular weight excluding hydrogens is 238 g/mol. The molecule has 0 amide bonds. The first kappa shape index (κ1) is 13.9. The van der Waals surface area contributed by atoms with Crippen LogP contribution in [0, 0.1) is 5.92 Å². The molecule has 1 nitrogen and oxygen atoms in total. The third-order valence-electron chi connectivity index (χ3n) is 2.36. The average Bonchev–Trinajstić information content (AvgIpc) is 2.25. The first-order valence-electron chi connectivity index (χ1n) is 5.64. The Morgan fingerprint density at radius 1 is 1.25 bits per heavy atom. The quantitative estimate of drug-likeness (QED) is 0.827. The van der Waals surface area contributed by atoms with Crippen LogP contribution in [0.15, 0.2) is 24.3 Å². The highest BCUT2D eigenvalue weighted by atomic mass is 35.5. The Morgan fingerprint density at radius 3 is 2.50 bits per heavy atom. The highest BCUT2D eigenvalue weighted by Gasteiger charge is 2.12. The molecule has 0 fully saturated rings. The van der Waals surface area contributed by atoms with E-state index in [1.54, 1.807) is 0 Å². The van der Waals surface area contributed by atoms with Gasteiger partial charge in [-0.3, -0.25) is 0 Å². The van der Waals surface area contributed by atoms with Gasteiger partial charge in [0.1, 0.15) is 0 Å². The van der Waals surface area contributed by atoms with Gasteiger partial charge in [0, 0.05) is 16.8 Å². The van der Waals surface area contributed by atoms with Crippen LogP contribution in [0.25, 0.3) is 0 Å². The highest BCUT2D eigenvalue weighted by molar-refractivity contribution is 7.99. The molecule has 0 aromatic heterocycles. The second kappa shape index (κ2) is 7.21. The second-order valence-electron chi connectivity index (χ2n) is 4.29. The van der Waals surface area contributed by atoms with E-state index in [9.17, 15) is 0 Å². The first-order chi connectivity index (χ1) is 7.65. The standard InChI is InChI=1S/C13H20ClNS/c1-10(2)8-16-9-13(15-3)11-6-4-5-7-12(11)14/h4-7,10,13,15H,8-9H2,1-3H3. The van der Waals surface area contributed by atoms with Crippen LogP contribution in [0.3, 0.4) is 0 Å². The summed E-state index contributed by atoms with van der Waals surface area (Å²) in [5.74, 6) is 3.01. The molecule has 3 heteroatoms. The molecule has 0 aliphatic rings. The van der Waals surface area contributed by atoms with Crippen LogP contribution in [0.5, 0.6) is 0 Å². The Kier molecular flexibility index (Phi) is 6.25. The van der Waals surface area contributed by atoms with Gasteiger partial charge in [0.2, 0.25) is 0 Å². The Morgan fingerprint density at radius 2 is 1.94 bits per heavy atom.